The minimum Gasteiger partial charge on any atom is -0.469 e. The van der Waals surface area contributed by atoms with Crippen molar-refractivity contribution in [2.24, 2.45) is 0 Å². The van der Waals surface area contributed by atoms with E-state index in [9.17, 15) is 9.59 Å². The molecule has 0 heterocycles. The van der Waals surface area contributed by atoms with E-state index < -0.39 is 0 Å². The zero-order chi connectivity index (χ0) is 14.5. The third-order valence-corrected chi connectivity index (χ3v) is 3.24. The van der Waals surface area contributed by atoms with Gasteiger partial charge in [-0.1, -0.05) is 48.5 Å². The summed E-state index contributed by atoms with van der Waals surface area (Å²) in [5.74, 6) is -0.748. The van der Waals surface area contributed by atoms with Gasteiger partial charge < -0.3 is 4.74 Å². The molecule has 2 aromatic rings. The van der Waals surface area contributed by atoms with Crippen molar-refractivity contribution in [3.63, 3.8) is 0 Å². The summed E-state index contributed by atoms with van der Waals surface area (Å²) in [5.41, 5.74) is 1.98. The van der Waals surface area contributed by atoms with Gasteiger partial charge in [-0.2, -0.15) is 0 Å². The van der Waals surface area contributed by atoms with Gasteiger partial charge in [0, 0.05) is 11.1 Å². The monoisotopic (exact) mass is 267 g/mol. The van der Waals surface area contributed by atoms with E-state index in [0.29, 0.717) is 11.1 Å². The molecule has 0 bridgehead atoms. The molecule has 1 atom stereocenters. The van der Waals surface area contributed by atoms with Crippen molar-refractivity contribution in [3.8, 4) is 0 Å². The molecular formula is C17H16O3. The molecule has 0 radical (unpaired) electrons. The van der Waals surface area contributed by atoms with Crippen molar-refractivity contribution in [2.45, 2.75) is 12.8 Å². The van der Waals surface area contributed by atoms with Gasteiger partial charge in [0.2, 0.25) is 0 Å². The van der Waals surface area contributed by atoms with Crippen LogP contribution < -0.4 is 0 Å². The number of hydrogen-bond acceptors (Lipinski definition) is 3. The van der Waals surface area contributed by atoms with Crippen molar-refractivity contribution >= 4 is 11.8 Å². The minimum absolute atomic E-state index is 0.0514. The zero-order valence-corrected chi connectivity index (χ0v) is 11.5. The first-order valence-electron chi connectivity index (χ1n) is 6.41. The van der Waals surface area contributed by atoms with E-state index in [2.05, 4.69) is 0 Å². The summed E-state index contributed by atoms with van der Waals surface area (Å²) in [6.07, 6.45) is 0. The molecule has 1 unspecified atom stereocenters. The third kappa shape index (κ3) is 2.94. The van der Waals surface area contributed by atoms with Crippen LogP contribution in [-0.4, -0.2) is 18.9 Å². The molecule has 0 amide bonds. The van der Waals surface area contributed by atoms with Crippen molar-refractivity contribution in [3.05, 3.63) is 71.3 Å². The van der Waals surface area contributed by atoms with Gasteiger partial charge in [0.15, 0.2) is 5.78 Å². The molecular weight excluding hydrogens is 251 g/mol. The van der Waals surface area contributed by atoms with Crippen LogP contribution in [0.1, 0.15) is 34.3 Å². The summed E-state index contributed by atoms with van der Waals surface area (Å²) < 4.78 is 4.73. The van der Waals surface area contributed by atoms with Gasteiger partial charge in [-0.15, -0.1) is 0 Å². The Bertz CT molecular complexity index is 617. The van der Waals surface area contributed by atoms with E-state index in [0.717, 1.165) is 5.56 Å². The van der Waals surface area contributed by atoms with E-state index in [1.165, 1.54) is 7.11 Å². The van der Waals surface area contributed by atoms with Gasteiger partial charge in [-0.05, 0) is 18.6 Å². The maximum absolute atomic E-state index is 12.3. The van der Waals surface area contributed by atoms with Crippen LogP contribution in [0.3, 0.4) is 0 Å². The number of ketones is 1. The highest BCUT2D eigenvalue weighted by Crippen LogP contribution is 2.19. The lowest BCUT2D eigenvalue weighted by atomic mass is 9.85. The largest absolute Gasteiger partial charge is 0.469 e. The molecule has 0 saturated heterocycles. The number of ether oxygens (including phenoxy) is 1. The number of methoxy groups -OCH3 is 1. The number of esters is 1. The van der Waals surface area contributed by atoms with Gasteiger partial charge >= 0.3 is 5.97 Å². The Balaban J connectivity index is 2.31. The quantitative estimate of drug-likeness (QED) is 0.631. The Morgan fingerprint density at radius 2 is 1.60 bits per heavy atom. The highest BCUT2D eigenvalue weighted by Gasteiger charge is 2.17. The molecule has 0 aromatic heterocycles. The van der Waals surface area contributed by atoms with Gasteiger partial charge in [-0.25, -0.2) is 0 Å². The topological polar surface area (TPSA) is 43.4 Å². The molecule has 0 aliphatic carbocycles. The fourth-order valence-corrected chi connectivity index (χ4v) is 2.02. The molecule has 0 aliphatic rings. The fourth-order valence-electron chi connectivity index (χ4n) is 2.02. The molecule has 2 aromatic carbocycles. The predicted octanol–water partition coefficient (Wildman–Crippen LogP) is 3.19. The van der Waals surface area contributed by atoms with E-state index in [-0.39, 0.29) is 17.7 Å². The fraction of sp³-hybridized carbons (Fsp3) is 0.176. The number of carbonyl (C=O) groups is 2. The standard InChI is InChI=1S/C17H16O3/c1-12(17(19)20-2)14-9-6-10-15(11-14)16(18)13-7-4-3-5-8-13/h3-12H,1-2H3/i1-1. The molecule has 20 heavy (non-hydrogen) atoms. The third-order valence-electron chi connectivity index (χ3n) is 3.24. The summed E-state index contributed by atoms with van der Waals surface area (Å²) in [7, 11) is 1.36. The summed E-state index contributed by atoms with van der Waals surface area (Å²) in [6.45, 7) is 1.76. The molecule has 0 fully saturated rings. The molecule has 2 rings (SSSR count). The molecule has 0 saturated carbocycles. The second-order valence-corrected chi connectivity index (χ2v) is 4.57. The lowest BCUT2D eigenvalue weighted by Crippen LogP contribution is -2.11. The Morgan fingerprint density at radius 3 is 2.25 bits per heavy atom. The molecule has 0 N–H and O–H groups in total. The van der Waals surface area contributed by atoms with Crippen LogP contribution in [0.15, 0.2) is 54.6 Å². The SMILES string of the molecule is COC(=O)C([11CH3])c1cccc(C(=O)c2ccccc2)c1. The van der Waals surface area contributed by atoms with Crippen LogP contribution in [0.4, 0.5) is 0 Å². The lowest BCUT2D eigenvalue weighted by Gasteiger charge is -2.10. The first-order chi connectivity index (χ1) is 9.63. The van der Waals surface area contributed by atoms with Crippen LogP contribution in [0, 0.1) is 0 Å². The zero-order valence-electron chi connectivity index (χ0n) is 11.5. The van der Waals surface area contributed by atoms with E-state index >= 15 is 0 Å². The highest BCUT2D eigenvalue weighted by molar-refractivity contribution is 6.09. The predicted molar refractivity (Wildman–Crippen MR) is 76.7 cm³/mol. The van der Waals surface area contributed by atoms with Crippen LogP contribution in [-0.2, 0) is 9.53 Å². The van der Waals surface area contributed by atoms with Crippen LogP contribution in [0.25, 0.3) is 0 Å². The van der Waals surface area contributed by atoms with Crippen LogP contribution in [0.5, 0.6) is 0 Å². The van der Waals surface area contributed by atoms with Gasteiger partial charge in [-0.3, -0.25) is 9.59 Å². The summed E-state index contributed by atoms with van der Waals surface area (Å²) >= 11 is 0. The summed E-state index contributed by atoms with van der Waals surface area (Å²) in [5, 5.41) is 0. The van der Waals surface area contributed by atoms with Crippen molar-refractivity contribution < 1.29 is 14.3 Å². The summed E-state index contributed by atoms with van der Waals surface area (Å²) in [6, 6.07) is 16.2. The molecule has 0 spiro atoms. The first-order valence-corrected chi connectivity index (χ1v) is 6.41. The second-order valence-electron chi connectivity index (χ2n) is 4.57. The summed E-state index contributed by atoms with van der Waals surface area (Å²) in [4.78, 5) is 23.9. The van der Waals surface area contributed by atoms with Crippen LogP contribution in [0.2, 0.25) is 0 Å². The van der Waals surface area contributed by atoms with Crippen molar-refractivity contribution in [1.29, 1.82) is 0 Å². The second kappa shape index (κ2) is 6.15. The number of rotatable bonds is 4. The van der Waals surface area contributed by atoms with E-state index in [1.807, 2.05) is 24.3 Å². The van der Waals surface area contributed by atoms with E-state index in [4.69, 9.17) is 4.74 Å². The first kappa shape index (κ1) is 14.0. The average molecular weight is 267 g/mol. The number of carbonyl (C=O) groups excluding carboxylic acids is 2. The maximum atomic E-state index is 12.3. The van der Waals surface area contributed by atoms with E-state index in [1.54, 1.807) is 37.3 Å². The Labute approximate surface area is 118 Å². The van der Waals surface area contributed by atoms with Crippen LogP contribution >= 0.6 is 0 Å². The highest BCUT2D eigenvalue weighted by atomic mass is 16.5. The smallest absolute Gasteiger partial charge is 0.312 e. The Kier molecular flexibility index (Phi) is 4.31. The number of benzene rings is 2. The number of hydrogen-bond donors (Lipinski definition) is 0. The maximum Gasteiger partial charge on any atom is 0.312 e. The molecule has 3 nitrogen and oxygen atoms in total. The Morgan fingerprint density at radius 1 is 0.950 bits per heavy atom. The average Bonchev–Trinajstić information content (AvgIpc) is 2.53. The molecule has 102 valence electrons. The van der Waals surface area contributed by atoms with Gasteiger partial charge in [0.1, 0.15) is 0 Å². The van der Waals surface area contributed by atoms with Gasteiger partial charge in [0.05, 0.1) is 13.0 Å². The van der Waals surface area contributed by atoms with Crippen molar-refractivity contribution in [2.75, 3.05) is 7.11 Å². The molecule has 3 heteroatoms. The lowest BCUT2D eigenvalue weighted by molar-refractivity contribution is -0.141. The minimum atomic E-state index is -0.386. The normalized spacial score (nSPS) is 11.7. The Hall–Kier alpha value is -2.42. The van der Waals surface area contributed by atoms with Gasteiger partial charge in [0.25, 0.3) is 0 Å². The van der Waals surface area contributed by atoms with Crippen molar-refractivity contribution in [1.82, 2.24) is 0 Å². The molecule has 0 aliphatic heterocycles.